The van der Waals surface area contributed by atoms with Gasteiger partial charge in [-0.05, 0) is 56.2 Å². The Balaban J connectivity index is 1.46. The monoisotopic (exact) mass is 418 g/mol. The van der Waals surface area contributed by atoms with Gasteiger partial charge in [0.2, 0.25) is 5.91 Å². The SMILES string of the molecule is Cc1ccc(-n2nc(C)c(C(=O)OCC(=O)c3ccc4c(c3)CC(=O)N4C)n2)c(C)c1. The van der Waals surface area contributed by atoms with E-state index >= 15 is 0 Å². The lowest BCUT2D eigenvalue weighted by molar-refractivity contribution is -0.117. The molecule has 8 heteroatoms. The Hall–Kier alpha value is -3.81. The Kier molecular flexibility index (Phi) is 5.14. The Bertz CT molecular complexity index is 1230. The Morgan fingerprint density at radius 1 is 1.03 bits per heavy atom. The van der Waals surface area contributed by atoms with Crippen molar-refractivity contribution in [3.63, 3.8) is 0 Å². The standard InChI is InChI=1S/C23H22N4O4/c1-13-5-7-18(14(2)9-13)27-24-15(3)22(25-27)23(30)31-12-20(28)16-6-8-19-17(10-16)11-21(29)26(19)4/h5-10H,11-12H2,1-4H3. The zero-order valence-corrected chi connectivity index (χ0v) is 17.8. The van der Waals surface area contributed by atoms with Gasteiger partial charge in [0.05, 0.1) is 17.8 Å². The fourth-order valence-corrected chi connectivity index (χ4v) is 3.63. The second kappa shape index (κ2) is 7.79. The third-order valence-electron chi connectivity index (χ3n) is 5.36. The number of esters is 1. The van der Waals surface area contributed by atoms with E-state index < -0.39 is 12.6 Å². The molecule has 0 aliphatic carbocycles. The Morgan fingerprint density at radius 3 is 2.52 bits per heavy atom. The van der Waals surface area contributed by atoms with Crippen LogP contribution in [-0.2, 0) is 16.0 Å². The minimum Gasteiger partial charge on any atom is -0.452 e. The number of hydrogen-bond donors (Lipinski definition) is 0. The highest BCUT2D eigenvalue weighted by atomic mass is 16.5. The van der Waals surface area contributed by atoms with Crippen LogP contribution in [0.25, 0.3) is 5.69 Å². The molecule has 2 aromatic carbocycles. The molecule has 0 saturated carbocycles. The van der Waals surface area contributed by atoms with E-state index in [4.69, 9.17) is 4.74 Å². The van der Waals surface area contributed by atoms with Crippen molar-refractivity contribution in [2.45, 2.75) is 27.2 Å². The van der Waals surface area contributed by atoms with Crippen molar-refractivity contribution < 1.29 is 19.1 Å². The molecule has 8 nitrogen and oxygen atoms in total. The molecule has 0 radical (unpaired) electrons. The first-order chi connectivity index (χ1) is 14.7. The van der Waals surface area contributed by atoms with Crippen LogP contribution in [0.5, 0.6) is 0 Å². The van der Waals surface area contributed by atoms with Gasteiger partial charge in [-0.3, -0.25) is 9.59 Å². The smallest absolute Gasteiger partial charge is 0.361 e. The summed E-state index contributed by atoms with van der Waals surface area (Å²) in [4.78, 5) is 39.8. The summed E-state index contributed by atoms with van der Waals surface area (Å²) in [6.45, 7) is 5.19. The highest BCUT2D eigenvalue weighted by molar-refractivity contribution is 6.04. The second-order valence-corrected chi connectivity index (χ2v) is 7.69. The molecule has 1 aliphatic heterocycles. The molecule has 3 aromatic rings. The molecule has 0 unspecified atom stereocenters. The van der Waals surface area contributed by atoms with Crippen LogP contribution in [-0.4, -0.2) is 46.3 Å². The number of carbonyl (C=O) groups is 3. The number of nitrogens with zero attached hydrogens (tertiary/aromatic N) is 4. The predicted octanol–water partition coefficient (Wildman–Crippen LogP) is 2.75. The molecule has 2 heterocycles. The van der Waals surface area contributed by atoms with Gasteiger partial charge in [-0.25, -0.2) is 4.79 Å². The fourth-order valence-electron chi connectivity index (χ4n) is 3.63. The van der Waals surface area contributed by atoms with Gasteiger partial charge in [-0.2, -0.15) is 9.90 Å². The van der Waals surface area contributed by atoms with Gasteiger partial charge < -0.3 is 9.64 Å². The highest BCUT2D eigenvalue weighted by Gasteiger charge is 2.25. The summed E-state index contributed by atoms with van der Waals surface area (Å²) >= 11 is 0. The predicted molar refractivity (Wildman–Crippen MR) is 114 cm³/mol. The van der Waals surface area contributed by atoms with E-state index in [0.717, 1.165) is 28.1 Å². The number of Topliss-reactive ketones (excluding diaryl/α,β-unsaturated/α-hetero) is 1. The number of ketones is 1. The number of aromatic nitrogens is 3. The van der Waals surface area contributed by atoms with Crippen LogP contribution < -0.4 is 4.90 Å². The molecular formula is C23H22N4O4. The summed E-state index contributed by atoms with van der Waals surface area (Å²) in [7, 11) is 1.70. The summed E-state index contributed by atoms with van der Waals surface area (Å²) in [6.07, 6.45) is 0.257. The van der Waals surface area contributed by atoms with Gasteiger partial charge in [0.25, 0.3) is 0 Å². The fraction of sp³-hybridized carbons (Fsp3) is 0.261. The van der Waals surface area contributed by atoms with Crippen molar-refractivity contribution in [3.8, 4) is 5.69 Å². The number of anilines is 1. The first kappa shape index (κ1) is 20.5. The molecule has 31 heavy (non-hydrogen) atoms. The van der Waals surface area contributed by atoms with Gasteiger partial charge in [-0.15, -0.1) is 5.10 Å². The lowest BCUT2D eigenvalue weighted by Crippen LogP contribution is -2.20. The number of benzene rings is 2. The maximum atomic E-state index is 12.5. The van der Waals surface area contributed by atoms with Crippen molar-refractivity contribution in [3.05, 3.63) is 70.0 Å². The van der Waals surface area contributed by atoms with Crippen LogP contribution >= 0.6 is 0 Å². The molecular weight excluding hydrogens is 396 g/mol. The summed E-state index contributed by atoms with van der Waals surface area (Å²) in [5.74, 6) is -1.08. The van der Waals surface area contributed by atoms with Crippen molar-refractivity contribution in [2.24, 2.45) is 0 Å². The minimum absolute atomic E-state index is 0.0200. The number of fused-ring (bicyclic) bond motifs is 1. The van der Waals surface area contributed by atoms with Crippen molar-refractivity contribution in [2.75, 3.05) is 18.6 Å². The number of likely N-dealkylation sites (N-methyl/N-ethyl adjacent to an activating group) is 1. The van der Waals surface area contributed by atoms with Gasteiger partial charge in [0, 0.05) is 18.3 Å². The average molecular weight is 418 g/mol. The summed E-state index contributed by atoms with van der Waals surface area (Å²) in [6, 6.07) is 10.9. The van der Waals surface area contributed by atoms with Gasteiger partial charge in [0.15, 0.2) is 18.1 Å². The van der Waals surface area contributed by atoms with Crippen LogP contribution in [0.3, 0.4) is 0 Å². The maximum absolute atomic E-state index is 12.5. The van der Waals surface area contributed by atoms with Crippen LogP contribution in [0.15, 0.2) is 36.4 Å². The molecule has 0 spiro atoms. The summed E-state index contributed by atoms with van der Waals surface area (Å²) in [5, 5.41) is 8.58. The lowest BCUT2D eigenvalue weighted by atomic mass is 10.1. The van der Waals surface area contributed by atoms with Crippen molar-refractivity contribution in [1.29, 1.82) is 0 Å². The number of rotatable bonds is 5. The van der Waals surface area contributed by atoms with Gasteiger partial charge in [0.1, 0.15) is 0 Å². The minimum atomic E-state index is -0.710. The normalized spacial score (nSPS) is 12.8. The Morgan fingerprint density at radius 2 is 1.77 bits per heavy atom. The van der Waals surface area contributed by atoms with Crippen LogP contribution in [0, 0.1) is 20.8 Å². The van der Waals surface area contributed by atoms with E-state index in [2.05, 4.69) is 10.2 Å². The zero-order valence-electron chi connectivity index (χ0n) is 17.8. The molecule has 1 aliphatic rings. The number of aryl methyl sites for hydroxylation is 3. The largest absolute Gasteiger partial charge is 0.452 e. The molecule has 1 aromatic heterocycles. The molecule has 4 rings (SSSR count). The molecule has 0 fully saturated rings. The maximum Gasteiger partial charge on any atom is 0.361 e. The van der Waals surface area contributed by atoms with E-state index in [1.807, 2.05) is 32.0 Å². The van der Waals surface area contributed by atoms with Crippen LogP contribution in [0.1, 0.15) is 43.2 Å². The van der Waals surface area contributed by atoms with E-state index in [1.165, 1.54) is 4.80 Å². The number of ether oxygens (including phenoxy) is 1. The number of carbonyl (C=O) groups excluding carboxylic acids is 3. The van der Waals surface area contributed by atoms with E-state index in [1.54, 1.807) is 37.1 Å². The zero-order chi connectivity index (χ0) is 22.3. The second-order valence-electron chi connectivity index (χ2n) is 7.69. The topological polar surface area (TPSA) is 94.4 Å². The summed E-state index contributed by atoms with van der Waals surface area (Å²) in [5.41, 5.74) is 5.31. The third-order valence-corrected chi connectivity index (χ3v) is 5.36. The van der Waals surface area contributed by atoms with E-state index in [9.17, 15) is 14.4 Å². The highest BCUT2D eigenvalue weighted by Crippen LogP contribution is 2.28. The molecule has 0 N–H and O–H groups in total. The molecule has 0 bridgehead atoms. The van der Waals surface area contributed by atoms with Crippen molar-refractivity contribution in [1.82, 2.24) is 15.0 Å². The lowest BCUT2D eigenvalue weighted by Gasteiger charge is -2.10. The van der Waals surface area contributed by atoms with Gasteiger partial charge >= 0.3 is 5.97 Å². The summed E-state index contributed by atoms with van der Waals surface area (Å²) < 4.78 is 5.20. The molecule has 0 saturated heterocycles. The van der Waals surface area contributed by atoms with Gasteiger partial charge in [-0.1, -0.05) is 17.7 Å². The molecule has 1 amide bonds. The number of hydrogen-bond acceptors (Lipinski definition) is 6. The Labute approximate surface area is 179 Å². The van der Waals surface area contributed by atoms with E-state index in [-0.39, 0.29) is 23.8 Å². The van der Waals surface area contributed by atoms with Crippen LogP contribution in [0.4, 0.5) is 5.69 Å². The van der Waals surface area contributed by atoms with Crippen molar-refractivity contribution >= 4 is 23.3 Å². The van der Waals surface area contributed by atoms with Crippen LogP contribution in [0.2, 0.25) is 0 Å². The van der Waals surface area contributed by atoms with E-state index in [0.29, 0.717) is 11.3 Å². The molecule has 158 valence electrons. The first-order valence-electron chi connectivity index (χ1n) is 9.86. The molecule has 0 atom stereocenters. The number of amides is 1. The first-order valence-corrected chi connectivity index (χ1v) is 9.86. The average Bonchev–Trinajstić information content (AvgIpc) is 3.25. The third kappa shape index (κ3) is 3.84. The quantitative estimate of drug-likeness (QED) is 0.467.